The van der Waals surface area contributed by atoms with Crippen molar-refractivity contribution in [3.8, 4) is 5.75 Å². The van der Waals surface area contributed by atoms with E-state index in [0.717, 1.165) is 23.7 Å². The Bertz CT molecular complexity index is 593. The molecule has 4 heteroatoms. The first-order valence-corrected chi connectivity index (χ1v) is 5.76. The van der Waals surface area contributed by atoms with Gasteiger partial charge in [-0.1, -0.05) is 18.2 Å². The fraction of sp³-hybridized carbons (Fsp3) is 0.308. The van der Waals surface area contributed by atoms with Crippen LogP contribution in [-0.4, -0.2) is 21.3 Å². The minimum atomic E-state index is -0.988. The van der Waals surface area contributed by atoms with Gasteiger partial charge in [-0.05, 0) is 6.07 Å². The van der Waals surface area contributed by atoms with E-state index in [-0.39, 0.29) is 5.92 Å². The lowest BCUT2D eigenvalue weighted by Crippen LogP contribution is -2.40. The summed E-state index contributed by atoms with van der Waals surface area (Å²) in [6.07, 6.45) is 3.65. The number of para-hydroxylation sites is 1. The molecule has 1 aromatic heterocycles. The van der Waals surface area contributed by atoms with Gasteiger partial charge >= 0.3 is 0 Å². The van der Waals surface area contributed by atoms with Gasteiger partial charge < -0.3 is 14.4 Å². The molecule has 2 aliphatic heterocycles. The van der Waals surface area contributed by atoms with Crippen LogP contribution in [0.2, 0.25) is 0 Å². The van der Waals surface area contributed by atoms with Gasteiger partial charge in [0.05, 0.1) is 12.5 Å². The molecule has 0 bridgehead atoms. The zero-order valence-corrected chi connectivity index (χ0v) is 9.21. The number of ether oxygens (including phenoxy) is 1. The van der Waals surface area contributed by atoms with Gasteiger partial charge in [0.25, 0.3) is 0 Å². The molecular weight excluding hydrogens is 216 g/mol. The Morgan fingerprint density at radius 3 is 3.24 bits per heavy atom. The Morgan fingerprint density at radius 2 is 2.29 bits per heavy atom. The molecule has 17 heavy (non-hydrogen) atoms. The minimum absolute atomic E-state index is 0.0566. The normalized spacial score (nSPS) is 29.1. The molecule has 2 aliphatic rings. The Labute approximate surface area is 98.5 Å². The molecule has 4 nitrogen and oxygen atoms in total. The Hall–Kier alpha value is -1.81. The van der Waals surface area contributed by atoms with Gasteiger partial charge in [0, 0.05) is 24.5 Å². The SMILES string of the molecule is OC12c3ccccc3OCC1Cn1ccnc12. The van der Waals surface area contributed by atoms with Crippen molar-refractivity contribution < 1.29 is 9.84 Å². The molecular formula is C13H12N2O2. The average Bonchev–Trinajstić information content (AvgIpc) is 2.90. The summed E-state index contributed by atoms with van der Waals surface area (Å²) in [5, 5.41) is 11.0. The van der Waals surface area contributed by atoms with Gasteiger partial charge in [-0.2, -0.15) is 0 Å². The summed E-state index contributed by atoms with van der Waals surface area (Å²) in [7, 11) is 0. The van der Waals surface area contributed by atoms with Crippen LogP contribution in [0.1, 0.15) is 11.4 Å². The summed E-state index contributed by atoms with van der Waals surface area (Å²) in [5.41, 5.74) is -0.153. The van der Waals surface area contributed by atoms with Crippen molar-refractivity contribution in [2.45, 2.75) is 12.1 Å². The summed E-state index contributed by atoms with van der Waals surface area (Å²) in [4.78, 5) is 4.31. The molecule has 0 saturated carbocycles. The Balaban J connectivity index is 2.01. The number of benzene rings is 1. The van der Waals surface area contributed by atoms with E-state index in [4.69, 9.17) is 4.74 Å². The topological polar surface area (TPSA) is 47.3 Å². The lowest BCUT2D eigenvalue weighted by molar-refractivity contribution is -0.0144. The van der Waals surface area contributed by atoms with E-state index in [1.165, 1.54) is 0 Å². The highest BCUT2D eigenvalue weighted by atomic mass is 16.5. The minimum Gasteiger partial charge on any atom is -0.493 e. The second-order valence-electron chi connectivity index (χ2n) is 4.67. The van der Waals surface area contributed by atoms with Crippen molar-refractivity contribution in [1.82, 2.24) is 9.55 Å². The van der Waals surface area contributed by atoms with E-state index in [2.05, 4.69) is 4.98 Å². The third kappa shape index (κ3) is 0.988. The Morgan fingerprint density at radius 1 is 1.41 bits per heavy atom. The number of hydrogen-bond donors (Lipinski definition) is 1. The maximum absolute atomic E-state index is 11.0. The third-order valence-corrected chi connectivity index (χ3v) is 3.80. The number of imidazole rings is 1. The fourth-order valence-corrected chi connectivity index (χ4v) is 2.96. The summed E-state index contributed by atoms with van der Waals surface area (Å²) in [5.74, 6) is 1.56. The maximum atomic E-state index is 11.0. The van der Waals surface area contributed by atoms with Gasteiger partial charge in [0.1, 0.15) is 11.6 Å². The van der Waals surface area contributed by atoms with E-state index >= 15 is 0 Å². The molecule has 3 heterocycles. The molecule has 0 radical (unpaired) electrons. The monoisotopic (exact) mass is 228 g/mol. The van der Waals surface area contributed by atoms with Crippen LogP contribution in [0, 0.1) is 5.92 Å². The lowest BCUT2D eigenvalue weighted by atomic mass is 9.81. The number of aliphatic hydroxyl groups is 1. The van der Waals surface area contributed by atoms with Crippen LogP contribution >= 0.6 is 0 Å². The molecule has 1 aromatic carbocycles. The lowest BCUT2D eigenvalue weighted by Gasteiger charge is -2.35. The highest BCUT2D eigenvalue weighted by Gasteiger charge is 2.52. The van der Waals surface area contributed by atoms with E-state index in [1.54, 1.807) is 6.20 Å². The van der Waals surface area contributed by atoms with Crippen molar-refractivity contribution >= 4 is 0 Å². The predicted molar refractivity (Wildman–Crippen MR) is 60.7 cm³/mol. The first-order valence-electron chi connectivity index (χ1n) is 5.76. The number of hydrogen-bond acceptors (Lipinski definition) is 3. The molecule has 2 unspecified atom stereocenters. The first kappa shape index (κ1) is 9.24. The molecule has 2 atom stereocenters. The molecule has 4 rings (SSSR count). The predicted octanol–water partition coefficient (Wildman–Crippen LogP) is 1.14. The van der Waals surface area contributed by atoms with Crippen molar-refractivity contribution in [3.63, 3.8) is 0 Å². The smallest absolute Gasteiger partial charge is 0.158 e. The molecule has 0 spiro atoms. The average molecular weight is 228 g/mol. The Kier molecular flexibility index (Phi) is 1.58. The van der Waals surface area contributed by atoms with Crippen molar-refractivity contribution in [2.75, 3.05) is 6.61 Å². The highest BCUT2D eigenvalue weighted by Crippen LogP contribution is 2.48. The van der Waals surface area contributed by atoms with Crippen molar-refractivity contribution in [3.05, 3.63) is 48.0 Å². The van der Waals surface area contributed by atoms with Crippen LogP contribution in [0.4, 0.5) is 0 Å². The number of nitrogens with zero attached hydrogens (tertiary/aromatic N) is 2. The zero-order chi connectivity index (χ0) is 11.5. The summed E-state index contributed by atoms with van der Waals surface area (Å²) in [6, 6.07) is 7.67. The summed E-state index contributed by atoms with van der Waals surface area (Å²) >= 11 is 0. The standard InChI is InChI=1S/C13H12N2O2/c16-13-9(7-15-6-5-14-12(13)15)8-17-11-4-2-1-3-10(11)13/h1-6,9,16H,7-8H2. The van der Waals surface area contributed by atoms with Crippen LogP contribution in [0.15, 0.2) is 36.7 Å². The number of fused-ring (bicyclic) bond motifs is 5. The van der Waals surface area contributed by atoms with Crippen LogP contribution in [0.25, 0.3) is 0 Å². The van der Waals surface area contributed by atoms with Crippen LogP contribution in [-0.2, 0) is 12.1 Å². The zero-order valence-electron chi connectivity index (χ0n) is 9.21. The molecule has 0 fully saturated rings. The molecule has 2 aromatic rings. The van der Waals surface area contributed by atoms with Gasteiger partial charge in [0.15, 0.2) is 5.60 Å². The van der Waals surface area contributed by atoms with Crippen LogP contribution in [0.3, 0.4) is 0 Å². The van der Waals surface area contributed by atoms with E-state index in [1.807, 2.05) is 35.0 Å². The molecule has 86 valence electrons. The van der Waals surface area contributed by atoms with E-state index in [9.17, 15) is 5.11 Å². The summed E-state index contributed by atoms with van der Waals surface area (Å²) in [6.45, 7) is 1.30. The quantitative estimate of drug-likeness (QED) is 0.735. The van der Waals surface area contributed by atoms with Crippen molar-refractivity contribution in [1.29, 1.82) is 0 Å². The van der Waals surface area contributed by atoms with Crippen LogP contribution in [0.5, 0.6) is 5.75 Å². The van der Waals surface area contributed by atoms with Gasteiger partial charge in [-0.3, -0.25) is 0 Å². The number of rotatable bonds is 0. The van der Waals surface area contributed by atoms with Crippen LogP contribution < -0.4 is 4.74 Å². The molecule has 0 saturated heterocycles. The number of aromatic nitrogens is 2. The van der Waals surface area contributed by atoms with Gasteiger partial charge in [0.2, 0.25) is 0 Å². The first-order chi connectivity index (χ1) is 8.30. The largest absolute Gasteiger partial charge is 0.493 e. The van der Waals surface area contributed by atoms with E-state index < -0.39 is 5.60 Å². The maximum Gasteiger partial charge on any atom is 0.158 e. The second-order valence-corrected chi connectivity index (χ2v) is 4.67. The molecule has 0 aliphatic carbocycles. The fourth-order valence-electron chi connectivity index (χ4n) is 2.96. The third-order valence-electron chi connectivity index (χ3n) is 3.80. The summed E-state index contributed by atoms with van der Waals surface area (Å²) < 4.78 is 7.71. The second kappa shape index (κ2) is 2.90. The highest BCUT2D eigenvalue weighted by molar-refractivity contribution is 5.45. The van der Waals surface area contributed by atoms with Gasteiger partial charge in [-0.25, -0.2) is 4.98 Å². The molecule has 0 amide bonds. The van der Waals surface area contributed by atoms with Crippen molar-refractivity contribution in [2.24, 2.45) is 5.92 Å². The molecule has 1 N–H and O–H groups in total. The van der Waals surface area contributed by atoms with E-state index in [0.29, 0.717) is 6.61 Å². The van der Waals surface area contributed by atoms with Gasteiger partial charge in [-0.15, -0.1) is 0 Å².